The van der Waals surface area contributed by atoms with Crippen LogP contribution in [0.5, 0.6) is 0 Å². The van der Waals surface area contributed by atoms with Crippen LogP contribution in [0.15, 0.2) is 36.4 Å². The molecule has 0 aliphatic rings. The van der Waals surface area contributed by atoms with Crippen LogP contribution in [0.1, 0.15) is 26.3 Å². The maximum absolute atomic E-state index is 6.21. The van der Waals surface area contributed by atoms with Crippen LogP contribution >= 0.6 is 0 Å². The fourth-order valence-electron chi connectivity index (χ4n) is 1.95. The molecule has 0 heterocycles. The first kappa shape index (κ1) is 10.0. The second-order valence-corrected chi connectivity index (χ2v) is 5.00. The molecule has 0 radical (unpaired) electrons. The van der Waals surface area contributed by atoms with E-state index in [0.717, 1.165) is 11.1 Å². The zero-order valence-electron chi connectivity index (χ0n) is 9.54. The van der Waals surface area contributed by atoms with Gasteiger partial charge in [-0.1, -0.05) is 57.2 Å². The van der Waals surface area contributed by atoms with Crippen molar-refractivity contribution >= 4 is 16.5 Å². The van der Waals surface area contributed by atoms with Crippen LogP contribution < -0.4 is 5.73 Å². The van der Waals surface area contributed by atoms with Crippen molar-refractivity contribution in [1.82, 2.24) is 0 Å². The number of rotatable bonds is 0. The topological polar surface area (TPSA) is 26.0 Å². The van der Waals surface area contributed by atoms with Crippen molar-refractivity contribution in [3.8, 4) is 0 Å². The Hall–Kier alpha value is -1.50. The van der Waals surface area contributed by atoms with E-state index < -0.39 is 0 Å². The zero-order chi connectivity index (χ0) is 11.1. The van der Waals surface area contributed by atoms with Gasteiger partial charge in [0.2, 0.25) is 0 Å². The number of hydrogen-bond donors (Lipinski definition) is 1. The Morgan fingerprint density at radius 2 is 1.60 bits per heavy atom. The first-order chi connectivity index (χ1) is 7.00. The summed E-state index contributed by atoms with van der Waals surface area (Å²) in [4.78, 5) is 0. The third-order valence-corrected chi connectivity index (χ3v) is 2.78. The van der Waals surface area contributed by atoms with Crippen molar-refractivity contribution in [2.24, 2.45) is 0 Å². The summed E-state index contributed by atoms with van der Waals surface area (Å²) in [6.45, 7) is 6.56. The highest BCUT2D eigenvalue weighted by atomic mass is 14.6. The van der Waals surface area contributed by atoms with Crippen LogP contribution in [0, 0.1) is 0 Å². The van der Waals surface area contributed by atoms with Crippen molar-refractivity contribution in [2.75, 3.05) is 5.73 Å². The highest BCUT2D eigenvalue weighted by Crippen LogP contribution is 2.32. The SMILES string of the molecule is CC(C)(C)c1ccc2ccccc2c1N. The van der Waals surface area contributed by atoms with Gasteiger partial charge in [-0.05, 0) is 16.4 Å². The Morgan fingerprint density at radius 1 is 0.933 bits per heavy atom. The molecule has 0 bridgehead atoms. The van der Waals surface area contributed by atoms with Crippen molar-refractivity contribution in [3.63, 3.8) is 0 Å². The summed E-state index contributed by atoms with van der Waals surface area (Å²) in [6, 6.07) is 12.5. The molecule has 0 unspecified atom stereocenters. The first-order valence-corrected chi connectivity index (χ1v) is 5.28. The predicted octanol–water partition coefficient (Wildman–Crippen LogP) is 3.72. The Morgan fingerprint density at radius 3 is 2.27 bits per heavy atom. The van der Waals surface area contributed by atoms with Gasteiger partial charge in [-0.3, -0.25) is 0 Å². The van der Waals surface area contributed by atoms with Crippen molar-refractivity contribution < 1.29 is 0 Å². The Balaban J connectivity index is 2.76. The quantitative estimate of drug-likeness (QED) is 0.643. The number of nitrogens with two attached hydrogens (primary N) is 1. The second-order valence-electron chi connectivity index (χ2n) is 5.00. The lowest BCUT2D eigenvalue weighted by molar-refractivity contribution is 0.593. The van der Waals surface area contributed by atoms with E-state index in [-0.39, 0.29) is 5.41 Å². The number of nitrogen functional groups attached to an aromatic ring is 1. The highest BCUT2D eigenvalue weighted by molar-refractivity contribution is 5.94. The molecule has 0 saturated heterocycles. The van der Waals surface area contributed by atoms with Crippen LogP contribution in [-0.2, 0) is 5.41 Å². The van der Waals surface area contributed by atoms with E-state index in [0.29, 0.717) is 0 Å². The average molecular weight is 199 g/mol. The summed E-state index contributed by atoms with van der Waals surface area (Å²) in [6.07, 6.45) is 0. The molecular formula is C14H17N. The molecule has 0 aliphatic heterocycles. The van der Waals surface area contributed by atoms with Crippen LogP contribution in [0.3, 0.4) is 0 Å². The molecule has 0 aromatic heterocycles. The third kappa shape index (κ3) is 1.70. The normalized spacial score (nSPS) is 11.9. The van der Waals surface area contributed by atoms with Gasteiger partial charge in [0.1, 0.15) is 0 Å². The van der Waals surface area contributed by atoms with Crippen molar-refractivity contribution in [3.05, 3.63) is 42.0 Å². The fourth-order valence-corrected chi connectivity index (χ4v) is 1.95. The fraction of sp³-hybridized carbons (Fsp3) is 0.286. The summed E-state index contributed by atoms with van der Waals surface area (Å²) in [5.74, 6) is 0. The second kappa shape index (κ2) is 3.27. The highest BCUT2D eigenvalue weighted by Gasteiger charge is 2.17. The minimum Gasteiger partial charge on any atom is -0.398 e. The van der Waals surface area contributed by atoms with E-state index in [2.05, 4.69) is 45.0 Å². The zero-order valence-corrected chi connectivity index (χ0v) is 9.54. The molecule has 15 heavy (non-hydrogen) atoms. The maximum Gasteiger partial charge on any atom is 0.0431 e. The van der Waals surface area contributed by atoms with Crippen molar-refractivity contribution in [2.45, 2.75) is 26.2 Å². The molecule has 2 rings (SSSR count). The maximum atomic E-state index is 6.21. The molecule has 2 N–H and O–H groups in total. The molecule has 0 aliphatic carbocycles. The number of anilines is 1. The van der Waals surface area contributed by atoms with E-state index in [1.807, 2.05) is 12.1 Å². The standard InChI is InChI=1S/C14H17N/c1-14(2,3)12-9-8-10-6-4-5-7-11(10)13(12)15/h4-9H,15H2,1-3H3. The lowest BCUT2D eigenvalue weighted by atomic mass is 9.84. The molecule has 2 aromatic rings. The van der Waals surface area contributed by atoms with Gasteiger partial charge in [0.05, 0.1) is 0 Å². The first-order valence-electron chi connectivity index (χ1n) is 5.28. The van der Waals surface area contributed by atoms with Gasteiger partial charge >= 0.3 is 0 Å². The molecule has 0 amide bonds. The van der Waals surface area contributed by atoms with Gasteiger partial charge in [0.15, 0.2) is 0 Å². The van der Waals surface area contributed by atoms with E-state index in [1.54, 1.807) is 0 Å². The average Bonchev–Trinajstić information content (AvgIpc) is 2.16. The summed E-state index contributed by atoms with van der Waals surface area (Å²) >= 11 is 0. The molecule has 0 atom stereocenters. The minimum atomic E-state index is 0.105. The van der Waals surface area contributed by atoms with Crippen LogP contribution in [0.4, 0.5) is 5.69 Å². The van der Waals surface area contributed by atoms with Crippen molar-refractivity contribution in [1.29, 1.82) is 0 Å². The molecule has 2 aromatic carbocycles. The smallest absolute Gasteiger partial charge is 0.0431 e. The van der Waals surface area contributed by atoms with E-state index >= 15 is 0 Å². The molecule has 1 heteroatoms. The lowest BCUT2D eigenvalue weighted by Gasteiger charge is -2.22. The third-order valence-electron chi connectivity index (χ3n) is 2.78. The molecule has 0 saturated carbocycles. The summed E-state index contributed by atoms with van der Waals surface area (Å²) < 4.78 is 0. The Kier molecular flexibility index (Phi) is 2.18. The molecular weight excluding hydrogens is 182 g/mol. The number of fused-ring (bicyclic) bond motifs is 1. The summed E-state index contributed by atoms with van der Waals surface area (Å²) in [5.41, 5.74) is 8.45. The van der Waals surface area contributed by atoms with E-state index in [1.165, 1.54) is 10.9 Å². The van der Waals surface area contributed by atoms with Crippen LogP contribution in [0.2, 0.25) is 0 Å². The van der Waals surface area contributed by atoms with Gasteiger partial charge in [-0.25, -0.2) is 0 Å². The van der Waals surface area contributed by atoms with Gasteiger partial charge in [-0.15, -0.1) is 0 Å². The molecule has 0 fully saturated rings. The molecule has 78 valence electrons. The monoisotopic (exact) mass is 199 g/mol. The van der Waals surface area contributed by atoms with E-state index in [9.17, 15) is 0 Å². The minimum absolute atomic E-state index is 0.105. The number of benzene rings is 2. The van der Waals surface area contributed by atoms with Gasteiger partial charge in [-0.2, -0.15) is 0 Å². The van der Waals surface area contributed by atoms with Gasteiger partial charge < -0.3 is 5.73 Å². The lowest BCUT2D eigenvalue weighted by Crippen LogP contribution is -2.13. The Bertz CT molecular complexity index is 492. The molecule has 0 spiro atoms. The van der Waals surface area contributed by atoms with Gasteiger partial charge in [0.25, 0.3) is 0 Å². The Labute approximate surface area is 90.9 Å². The number of hydrogen-bond acceptors (Lipinski definition) is 1. The largest absolute Gasteiger partial charge is 0.398 e. The van der Waals surface area contributed by atoms with Crippen LogP contribution in [0.25, 0.3) is 10.8 Å². The summed E-state index contributed by atoms with van der Waals surface area (Å²) in [5, 5.41) is 2.37. The summed E-state index contributed by atoms with van der Waals surface area (Å²) in [7, 11) is 0. The predicted molar refractivity (Wildman–Crippen MR) is 67.1 cm³/mol. The van der Waals surface area contributed by atoms with E-state index in [4.69, 9.17) is 5.73 Å². The van der Waals surface area contributed by atoms with Gasteiger partial charge in [0, 0.05) is 11.1 Å². The molecule has 1 nitrogen and oxygen atoms in total. The van der Waals surface area contributed by atoms with Crippen LogP contribution in [-0.4, -0.2) is 0 Å².